The second kappa shape index (κ2) is 4.00. The highest BCUT2D eigenvalue weighted by Crippen LogP contribution is 2.68. The lowest BCUT2D eigenvalue weighted by molar-refractivity contribution is -0.164. The van der Waals surface area contributed by atoms with Crippen molar-refractivity contribution in [3.05, 3.63) is 0 Å². The van der Waals surface area contributed by atoms with Crippen molar-refractivity contribution < 1.29 is 14.3 Å². The number of carbonyl (C=O) groups is 1. The summed E-state index contributed by atoms with van der Waals surface area (Å²) in [7, 11) is 0. The van der Waals surface area contributed by atoms with E-state index in [1.165, 1.54) is 32.6 Å². The Morgan fingerprint density at radius 3 is 2.50 bits per heavy atom. The molecule has 2 saturated heterocycles. The molecule has 2 aliphatic heterocycles. The first kappa shape index (κ1) is 12.0. The molecule has 20 heavy (non-hydrogen) atoms. The smallest absolute Gasteiger partial charge is 0.302 e. The zero-order chi connectivity index (χ0) is 13.4. The molecule has 0 N–H and O–H groups in total. The molecule has 0 aromatic heterocycles. The Morgan fingerprint density at radius 1 is 1.00 bits per heavy atom. The fraction of sp³-hybridized carbons (Fsp3) is 0.941. The Kier molecular flexibility index (Phi) is 2.40. The molecule has 5 fully saturated rings. The fourth-order valence-electron chi connectivity index (χ4n) is 7.00. The predicted octanol–water partition coefficient (Wildman–Crippen LogP) is 2.78. The number of hydrogen-bond acceptors (Lipinski definition) is 3. The average molecular weight is 276 g/mol. The maximum atomic E-state index is 11.3. The van der Waals surface area contributed by atoms with Crippen molar-refractivity contribution in [1.82, 2.24) is 0 Å². The van der Waals surface area contributed by atoms with Gasteiger partial charge in [0.2, 0.25) is 0 Å². The number of esters is 1. The van der Waals surface area contributed by atoms with E-state index in [1.54, 1.807) is 0 Å². The first-order valence-corrected chi connectivity index (χ1v) is 8.56. The van der Waals surface area contributed by atoms with E-state index >= 15 is 0 Å². The lowest BCUT2D eigenvalue weighted by Gasteiger charge is -2.36. The van der Waals surface area contributed by atoms with Crippen LogP contribution in [0.1, 0.15) is 45.4 Å². The zero-order valence-corrected chi connectivity index (χ0v) is 12.2. The van der Waals surface area contributed by atoms with Gasteiger partial charge in [-0.2, -0.15) is 0 Å². The molecular weight excluding hydrogens is 252 g/mol. The molecule has 3 heteroatoms. The van der Waals surface area contributed by atoms with Crippen LogP contribution in [-0.4, -0.2) is 24.3 Å². The Bertz CT molecular complexity index is 448. The molecule has 3 aliphatic carbocycles. The largest absolute Gasteiger partial charge is 0.460 e. The van der Waals surface area contributed by atoms with Gasteiger partial charge in [0.1, 0.15) is 6.10 Å². The molecule has 0 amide bonds. The standard InChI is InChI=1S/C17H24O3/c1-8(18)19-14-6-5-13-15-11-7-12(16(15)17(14)20-13)10-4-2-3-9(10)11/h9-17H,2-7H2,1H3/t9-,10+,11+,12-,13-,14-,15-,16-,17+/m0/s1. The lowest BCUT2D eigenvalue weighted by atomic mass is 9.68. The molecule has 4 bridgehead atoms. The van der Waals surface area contributed by atoms with Crippen LogP contribution in [0.15, 0.2) is 0 Å². The van der Waals surface area contributed by atoms with Crippen LogP contribution in [0.25, 0.3) is 0 Å². The molecule has 9 atom stereocenters. The topological polar surface area (TPSA) is 35.5 Å². The molecule has 0 unspecified atom stereocenters. The van der Waals surface area contributed by atoms with Crippen molar-refractivity contribution in [3.8, 4) is 0 Å². The minimum Gasteiger partial charge on any atom is -0.460 e. The van der Waals surface area contributed by atoms with Gasteiger partial charge in [0.05, 0.1) is 12.2 Å². The third-order valence-corrected chi connectivity index (χ3v) is 7.26. The van der Waals surface area contributed by atoms with E-state index < -0.39 is 0 Å². The summed E-state index contributed by atoms with van der Waals surface area (Å²) in [5.74, 6) is 5.16. The van der Waals surface area contributed by atoms with Crippen molar-refractivity contribution in [3.63, 3.8) is 0 Å². The molecule has 3 saturated carbocycles. The van der Waals surface area contributed by atoms with E-state index in [0.717, 1.165) is 42.4 Å². The van der Waals surface area contributed by atoms with E-state index in [0.29, 0.717) is 12.0 Å². The van der Waals surface area contributed by atoms with Gasteiger partial charge in [-0.15, -0.1) is 0 Å². The van der Waals surface area contributed by atoms with Crippen molar-refractivity contribution in [1.29, 1.82) is 0 Å². The van der Waals surface area contributed by atoms with Gasteiger partial charge in [0.15, 0.2) is 0 Å². The van der Waals surface area contributed by atoms with Gasteiger partial charge >= 0.3 is 5.97 Å². The summed E-state index contributed by atoms with van der Waals surface area (Å²) in [6.45, 7) is 1.53. The van der Waals surface area contributed by atoms with Gasteiger partial charge in [-0.3, -0.25) is 4.79 Å². The third kappa shape index (κ3) is 1.38. The summed E-state index contributed by atoms with van der Waals surface area (Å²) in [5.41, 5.74) is 0. The van der Waals surface area contributed by atoms with Crippen molar-refractivity contribution in [2.75, 3.05) is 0 Å². The Balaban J connectivity index is 1.46. The van der Waals surface area contributed by atoms with E-state index in [9.17, 15) is 4.79 Å². The molecular formula is C17H24O3. The lowest BCUT2D eigenvalue weighted by Crippen LogP contribution is -2.41. The van der Waals surface area contributed by atoms with Crippen molar-refractivity contribution in [2.45, 2.75) is 63.8 Å². The molecule has 0 aromatic carbocycles. The van der Waals surface area contributed by atoms with Crippen LogP contribution < -0.4 is 0 Å². The summed E-state index contributed by atoms with van der Waals surface area (Å²) < 4.78 is 11.9. The minimum atomic E-state index is -0.137. The molecule has 2 heterocycles. The molecule has 110 valence electrons. The summed E-state index contributed by atoms with van der Waals surface area (Å²) in [5, 5.41) is 0. The molecule has 5 aliphatic rings. The average Bonchev–Trinajstić information content (AvgIpc) is 3.13. The molecule has 5 rings (SSSR count). The highest BCUT2D eigenvalue weighted by atomic mass is 16.6. The SMILES string of the molecule is CC(=O)O[C@H]1CC[C@@H]2O[C@H]1[C@H]1[C@H]3C[C@H]([C@H]4CCC[C@H]43)[C@H]12. The molecule has 0 spiro atoms. The second-order valence-electron chi connectivity index (χ2n) is 7.84. The summed E-state index contributed by atoms with van der Waals surface area (Å²) in [6, 6.07) is 0. The summed E-state index contributed by atoms with van der Waals surface area (Å²) in [4.78, 5) is 11.3. The molecule has 0 aromatic rings. The van der Waals surface area contributed by atoms with E-state index in [4.69, 9.17) is 9.47 Å². The minimum absolute atomic E-state index is 0.0398. The van der Waals surface area contributed by atoms with Crippen LogP contribution in [0.5, 0.6) is 0 Å². The van der Waals surface area contributed by atoms with Gasteiger partial charge in [0.25, 0.3) is 0 Å². The second-order valence-corrected chi connectivity index (χ2v) is 7.84. The van der Waals surface area contributed by atoms with Crippen LogP contribution in [0.4, 0.5) is 0 Å². The summed E-state index contributed by atoms with van der Waals surface area (Å²) in [6.07, 6.45) is 8.70. The normalized spacial score (nSPS) is 58.5. The fourth-order valence-corrected chi connectivity index (χ4v) is 7.00. The summed E-state index contributed by atoms with van der Waals surface area (Å²) >= 11 is 0. The van der Waals surface area contributed by atoms with Gasteiger partial charge in [0, 0.05) is 6.92 Å². The van der Waals surface area contributed by atoms with Gasteiger partial charge in [-0.1, -0.05) is 6.42 Å². The Morgan fingerprint density at radius 2 is 1.75 bits per heavy atom. The predicted molar refractivity (Wildman–Crippen MR) is 72.9 cm³/mol. The number of hydrogen-bond donors (Lipinski definition) is 0. The van der Waals surface area contributed by atoms with Gasteiger partial charge in [-0.05, 0) is 67.6 Å². The van der Waals surface area contributed by atoms with Crippen LogP contribution in [0, 0.1) is 35.5 Å². The molecule has 0 radical (unpaired) electrons. The van der Waals surface area contributed by atoms with E-state index in [-0.39, 0.29) is 18.2 Å². The number of rotatable bonds is 1. The third-order valence-electron chi connectivity index (χ3n) is 7.26. The van der Waals surface area contributed by atoms with Crippen LogP contribution >= 0.6 is 0 Å². The monoisotopic (exact) mass is 276 g/mol. The first-order valence-electron chi connectivity index (χ1n) is 8.56. The van der Waals surface area contributed by atoms with E-state index in [2.05, 4.69) is 0 Å². The van der Waals surface area contributed by atoms with Crippen LogP contribution in [0.3, 0.4) is 0 Å². The number of fused-ring (bicyclic) bond motifs is 12. The number of ether oxygens (including phenoxy) is 2. The maximum Gasteiger partial charge on any atom is 0.302 e. The van der Waals surface area contributed by atoms with Crippen LogP contribution in [-0.2, 0) is 14.3 Å². The number of carbonyl (C=O) groups excluding carboxylic acids is 1. The van der Waals surface area contributed by atoms with Crippen LogP contribution in [0.2, 0.25) is 0 Å². The molecule has 3 nitrogen and oxygen atoms in total. The first-order chi connectivity index (χ1) is 9.74. The Labute approximate surface area is 120 Å². The van der Waals surface area contributed by atoms with Crippen molar-refractivity contribution in [2.24, 2.45) is 35.5 Å². The highest BCUT2D eigenvalue weighted by Gasteiger charge is 2.67. The van der Waals surface area contributed by atoms with Crippen molar-refractivity contribution >= 4 is 5.97 Å². The van der Waals surface area contributed by atoms with Gasteiger partial charge < -0.3 is 9.47 Å². The van der Waals surface area contributed by atoms with E-state index in [1.807, 2.05) is 0 Å². The maximum absolute atomic E-state index is 11.3. The van der Waals surface area contributed by atoms with Gasteiger partial charge in [-0.25, -0.2) is 0 Å². The quantitative estimate of drug-likeness (QED) is 0.691. The highest BCUT2D eigenvalue weighted by molar-refractivity contribution is 5.66. The Hall–Kier alpha value is -0.570. The zero-order valence-electron chi connectivity index (χ0n) is 12.2.